The summed E-state index contributed by atoms with van der Waals surface area (Å²) in [5.74, 6) is -0.397. The van der Waals surface area contributed by atoms with Crippen molar-refractivity contribution in [1.29, 1.82) is 0 Å². The molecule has 0 aliphatic heterocycles. The van der Waals surface area contributed by atoms with Crippen LogP contribution in [0.1, 0.15) is 29.3 Å². The fourth-order valence-electron chi connectivity index (χ4n) is 2.24. The Hall–Kier alpha value is -1.66. The Bertz CT molecular complexity index is 740. The minimum absolute atomic E-state index is 0.0705. The van der Waals surface area contributed by atoms with Crippen molar-refractivity contribution in [3.63, 3.8) is 0 Å². The number of nitrogens with one attached hydrogen (secondary N) is 2. The minimum atomic E-state index is -0.605. The molecule has 118 valence electrons. The molecule has 2 rings (SSSR count). The lowest BCUT2D eigenvalue weighted by molar-refractivity contribution is 0.0950. The van der Waals surface area contributed by atoms with E-state index in [9.17, 15) is 9.59 Å². The zero-order valence-corrected chi connectivity index (χ0v) is 14.2. The molecular formula is C16H19BrN2O3. The first-order chi connectivity index (χ1) is 10.5. The minimum Gasteiger partial charge on any atom is -0.422 e. The van der Waals surface area contributed by atoms with E-state index in [2.05, 4.69) is 33.5 Å². The van der Waals surface area contributed by atoms with Crippen LogP contribution in [0.2, 0.25) is 0 Å². The second-order valence-corrected chi connectivity index (χ2v) is 5.95. The molecule has 6 heteroatoms. The van der Waals surface area contributed by atoms with E-state index in [0.717, 1.165) is 22.8 Å². The summed E-state index contributed by atoms with van der Waals surface area (Å²) >= 11 is 3.38. The van der Waals surface area contributed by atoms with E-state index in [1.807, 2.05) is 6.07 Å². The summed E-state index contributed by atoms with van der Waals surface area (Å²) < 4.78 is 6.11. The highest BCUT2D eigenvalue weighted by Crippen LogP contribution is 2.23. The molecule has 0 saturated carbocycles. The van der Waals surface area contributed by atoms with Crippen LogP contribution >= 0.6 is 15.9 Å². The number of hydrogen-bond donors (Lipinski definition) is 2. The Balaban J connectivity index is 2.23. The third-order valence-corrected chi connectivity index (χ3v) is 3.86. The zero-order valence-electron chi connectivity index (χ0n) is 12.7. The van der Waals surface area contributed by atoms with Crippen molar-refractivity contribution in [3.05, 3.63) is 44.2 Å². The lowest BCUT2D eigenvalue weighted by atomic mass is 10.1. The predicted octanol–water partition coefficient (Wildman–Crippen LogP) is 2.59. The second-order valence-electron chi connectivity index (χ2n) is 5.04. The molecule has 1 heterocycles. The number of carbonyl (C=O) groups excluding carboxylic acids is 1. The number of fused-ring (bicyclic) bond motifs is 1. The van der Waals surface area contributed by atoms with Gasteiger partial charge in [-0.1, -0.05) is 22.9 Å². The van der Waals surface area contributed by atoms with Gasteiger partial charge < -0.3 is 15.1 Å². The number of rotatable bonds is 6. The predicted molar refractivity (Wildman–Crippen MR) is 90.4 cm³/mol. The van der Waals surface area contributed by atoms with Crippen molar-refractivity contribution < 1.29 is 9.21 Å². The van der Waals surface area contributed by atoms with Gasteiger partial charge in [-0.15, -0.1) is 0 Å². The Morgan fingerprint density at radius 2 is 2.05 bits per heavy atom. The molecule has 0 aliphatic carbocycles. The van der Waals surface area contributed by atoms with Gasteiger partial charge >= 0.3 is 5.63 Å². The number of hydrogen-bond acceptors (Lipinski definition) is 4. The average molecular weight is 367 g/mol. The fourth-order valence-corrected chi connectivity index (χ4v) is 2.60. The van der Waals surface area contributed by atoms with Gasteiger partial charge in [-0.25, -0.2) is 4.79 Å². The van der Waals surface area contributed by atoms with Crippen LogP contribution in [-0.2, 0) is 0 Å². The van der Waals surface area contributed by atoms with Gasteiger partial charge in [0.1, 0.15) is 11.1 Å². The van der Waals surface area contributed by atoms with Crippen LogP contribution in [0.25, 0.3) is 11.0 Å². The van der Waals surface area contributed by atoms with Crippen molar-refractivity contribution in [2.45, 2.75) is 20.3 Å². The first-order valence-corrected chi connectivity index (χ1v) is 8.05. The summed E-state index contributed by atoms with van der Waals surface area (Å²) in [6.07, 6.45) is 1.04. The van der Waals surface area contributed by atoms with E-state index < -0.39 is 11.5 Å². The average Bonchev–Trinajstić information content (AvgIpc) is 2.48. The molecule has 1 aromatic heterocycles. The standard InChI is InChI=1S/C16H19BrN2O3/c1-3-6-18-7-8-19-15(20)14-10(2)12-9-11(17)4-5-13(12)22-16(14)21/h4-5,9,18H,3,6-8H2,1-2H3,(H,19,20). The van der Waals surface area contributed by atoms with Gasteiger partial charge in [-0.3, -0.25) is 4.79 Å². The Morgan fingerprint density at radius 3 is 2.77 bits per heavy atom. The molecule has 0 radical (unpaired) electrons. The topological polar surface area (TPSA) is 71.3 Å². The first-order valence-electron chi connectivity index (χ1n) is 7.26. The van der Waals surface area contributed by atoms with Gasteiger partial charge in [-0.05, 0) is 43.7 Å². The van der Waals surface area contributed by atoms with E-state index in [1.165, 1.54) is 0 Å². The summed E-state index contributed by atoms with van der Waals surface area (Å²) in [6.45, 7) is 5.88. The lowest BCUT2D eigenvalue weighted by Gasteiger charge is -2.09. The molecule has 0 atom stereocenters. The summed E-state index contributed by atoms with van der Waals surface area (Å²) in [6, 6.07) is 5.35. The van der Waals surface area contributed by atoms with Gasteiger partial charge in [0.15, 0.2) is 0 Å². The summed E-state index contributed by atoms with van der Waals surface area (Å²) in [5, 5.41) is 6.68. The van der Waals surface area contributed by atoms with Crippen LogP contribution in [0.15, 0.2) is 31.9 Å². The van der Waals surface area contributed by atoms with Crippen molar-refractivity contribution in [2.75, 3.05) is 19.6 Å². The molecule has 5 nitrogen and oxygen atoms in total. The number of halogens is 1. The molecule has 0 saturated heterocycles. The zero-order chi connectivity index (χ0) is 16.1. The van der Waals surface area contributed by atoms with Crippen molar-refractivity contribution in [1.82, 2.24) is 10.6 Å². The molecule has 2 aromatic rings. The van der Waals surface area contributed by atoms with Crippen molar-refractivity contribution >= 4 is 32.8 Å². The Morgan fingerprint density at radius 1 is 1.27 bits per heavy atom. The Kier molecular flexibility index (Phi) is 5.74. The summed E-state index contributed by atoms with van der Waals surface area (Å²) in [7, 11) is 0. The molecule has 0 aliphatic rings. The van der Waals surface area contributed by atoms with Crippen LogP contribution in [0.5, 0.6) is 0 Å². The van der Waals surface area contributed by atoms with Crippen LogP contribution in [-0.4, -0.2) is 25.5 Å². The maximum atomic E-state index is 12.2. The molecule has 2 N–H and O–H groups in total. The van der Waals surface area contributed by atoms with E-state index in [-0.39, 0.29) is 5.56 Å². The van der Waals surface area contributed by atoms with Gasteiger partial charge in [0, 0.05) is 22.9 Å². The maximum absolute atomic E-state index is 12.2. The highest BCUT2D eigenvalue weighted by Gasteiger charge is 2.18. The highest BCUT2D eigenvalue weighted by molar-refractivity contribution is 9.10. The monoisotopic (exact) mass is 366 g/mol. The third-order valence-electron chi connectivity index (χ3n) is 3.37. The number of carbonyl (C=O) groups is 1. The summed E-state index contributed by atoms with van der Waals surface area (Å²) in [4.78, 5) is 24.3. The smallest absolute Gasteiger partial charge is 0.349 e. The molecule has 0 bridgehead atoms. The number of amides is 1. The molecule has 0 unspecified atom stereocenters. The van der Waals surface area contributed by atoms with Gasteiger partial charge in [0.05, 0.1) is 0 Å². The molecule has 0 spiro atoms. The SMILES string of the molecule is CCCNCCNC(=O)c1c(C)c2cc(Br)ccc2oc1=O. The van der Waals surface area contributed by atoms with Crippen LogP contribution in [0.4, 0.5) is 0 Å². The fraction of sp³-hybridized carbons (Fsp3) is 0.375. The number of aryl methyl sites for hydroxylation is 1. The van der Waals surface area contributed by atoms with Gasteiger partial charge in [0.25, 0.3) is 5.91 Å². The van der Waals surface area contributed by atoms with Crippen LogP contribution in [0.3, 0.4) is 0 Å². The third kappa shape index (κ3) is 3.75. The van der Waals surface area contributed by atoms with Crippen LogP contribution < -0.4 is 16.3 Å². The van der Waals surface area contributed by atoms with E-state index in [1.54, 1.807) is 19.1 Å². The molecule has 0 fully saturated rings. The van der Waals surface area contributed by atoms with Gasteiger partial charge in [0.2, 0.25) is 0 Å². The quantitative estimate of drug-likeness (QED) is 0.608. The summed E-state index contributed by atoms with van der Waals surface area (Å²) in [5.41, 5.74) is 0.575. The van der Waals surface area contributed by atoms with Crippen molar-refractivity contribution in [3.8, 4) is 0 Å². The highest BCUT2D eigenvalue weighted by atomic mass is 79.9. The van der Waals surface area contributed by atoms with Crippen LogP contribution in [0, 0.1) is 6.92 Å². The van der Waals surface area contributed by atoms with E-state index >= 15 is 0 Å². The normalized spacial score (nSPS) is 10.9. The molecule has 22 heavy (non-hydrogen) atoms. The first kappa shape index (κ1) is 16.7. The Labute approximate surface area is 137 Å². The molecular weight excluding hydrogens is 348 g/mol. The maximum Gasteiger partial charge on any atom is 0.349 e. The van der Waals surface area contributed by atoms with Gasteiger partial charge in [-0.2, -0.15) is 0 Å². The second kappa shape index (κ2) is 7.56. The van der Waals surface area contributed by atoms with Crippen molar-refractivity contribution in [2.24, 2.45) is 0 Å². The number of benzene rings is 1. The lowest BCUT2D eigenvalue weighted by Crippen LogP contribution is -2.35. The largest absolute Gasteiger partial charge is 0.422 e. The molecule has 1 aromatic carbocycles. The molecule has 1 amide bonds. The van der Waals surface area contributed by atoms with E-state index in [0.29, 0.717) is 24.2 Å². The van der Waals surface area contributed by atoms with E-state index in [4.69, 9.17) is 4.42 Å².